The molecule has 1 saturated heterocycles. The van der Waals surface area contributed by atoms with Crippen molar-refractivity contribution in [1.82, 2.24) is 10.2 Å². The second-order valence-corrected chi connectivity index (χ2v) is 5.73. The van der Waals surface area contributed by atoms with Crippen molar-refractivity contribution in [2.24, 2.45) is 0 Å². The van der Waals surface area contributed by atoms with E-state index in [0.29, 0.717) is 11.8 Å². The first-order chi connectivity index (χ1) is 9.78. The molecule has 20 heavy (non-hydrogen) atoms. The Labute approximate surface area is 120 Å². The SMILES string of the molecule is CCN1CCOC(CNC2CCc3c(O)cccc32)C1. The van der Waals surface area contributed by atoms with Gasteiger partial charge in [-0.25, -0.2) is 0 Å². The number of benzene rings is 1. The second kappa shape index (κ2) is 6.12. The maximum atomic E-state index is 9.87. The molecule has 4 heteroatoms. The fraction of sp³-hybridized carbons (Fsp3) is 0.625. The summed E-state index contributed by atoms with van der Waals surface area (Å²) in [7, 11) is 0. The highest BCUT2D eigenvalue weighted by molar-refractivity contribution is 5.44. The summed E-state index contributed by atoms with van der Waals surface area (Å²) in [6.07, 6.45) is 2.31. The van der Waals surface area contributed by atoms with Crippen LogP contribution in [0, 0.1) is 0 Å². The van der Waals surface area contributed by atoms with E-state index in [0.717, 1.165) is 51.2 Å². The Morgan fingerprint density at radius 3 is 3.20 bits per heavy atom. The summed E-state index contributed by atoms with van der Waals surface area (Å²) in [5.74, 6) is 0.442. The zero-order valence-corrected chi connectivity index (χ0v) is 12.1. The van der Waals surface area contributed by atoms with Gasteiger partial charge in [-0.2, -0.15) is 0 Å². The fourth-order valence-electron chi connectivity index (χ4n) is 3.31. The van der Waals surface area contributed by atoms with Crippen molar-refractivity contribution >= 4 is 0 Å². The number of hydrogen-bond acceptors (Lipinski definition) is 4. The van der Waals surface area contributed by atoms with Crippen LogP contribution >= 0.6 is 0 Å². The van der Waals surface area contributed by atoms with E-state index in [4.69, 9.17) is 4.74 Å². The first-order valence-electron chi connectivity index (χ1n) is 7.66. The molecule has 4 nitrogen and oxygen atoms in total. The molecule has 1 fully saturated rings. The lowest BCUT2D eigenvalue weighted by Gasteiger charge is -2.32. The number of hydrogen-bond donors (Lipinski definition) is 2. The molecule has 2 aliphatic rings. The minimum atomic E-state index is 0.282. The number of phenols is 1. The van der Waals surface area contributed by atoms with E-state index < -0.39 is 0 Å². The Morgan fingerprint density at radius 1 is 1.45 bits per heavy atom. The van der Waals surface area contributed by atoms with E-state index in [1.807, 2.05) is 6.07 Å². The molecule has 1 aromatic rings. The highest BCUT2D eigenvalue weighted by Gasteiger charge is 2.26. The maximum Gasteiger partial charge on any atom is 0.119 e. The molecule has 0 amide bonds. The quantitative estimate of drug-likeness (QED) is 0.878. The highest BCUT2D eigenvalue weighted by Crippen LogP contribution is 2.36. The molecular formula is C16H24N2O2. The van der Waals surface area contributed by atoms with Crippen molar-refractivity contribution in [3.8, 4) is 5.75 Å². The molecule has 2 unspecified atom stereocenters. The summed E-state index contributed by atoms with van der Waals surface area (Å²) in [6, 6.07) is 6.20. The van der Waals surface area contributed by atoms with Gasteiger partial charge in [0.25, 0.3) is 0 Å². The number of ether oxygens (including phenoxy) is 1. The van der Waals surface area contributed by atoms with Gasteiger partial charge in [0.1, 0.15) is 5.75 Å². The number of likely N-dealkylation sites (N-methyl/N-ethyl adjacent to an activating group) is 1. The second-order valence-electron chi connectivity index (χ2n) is 5.73. The van der Waals surface area contributed by atoms with Crippen LogP contribution in [0.4, 0.5) is 0 Å². The van der Waals surface area contributed by atoms with Crippen molar-refractivity contribution in [3.05, 3.63) is 29.3 Å². The molecule has 3 rings (SSSR count). The van der Waals surface area contributed by atoms with E-state index in [2.05, 4.69) is 23.2 Å². The standard InChI is InChI=1S/C16H24N2O2/c1-2-18-8-9-20-12(11-18)10-17-15-7-6-14-13(15)4-3-5-16(14)19/h3-5,12,15,17,19H,2,6-11H2,1H3. The molecule has 0 spiro atoms. The van der Waals surface area contributed by atoms with Crippen molar-refractivity contribution < 1.29 is 9.84 Å². The lowest BCUT2D eigenvalue weighted by atomic mass is 10.1. The largest absolute Gasteiger partial charge is 0.508 e. The van der Waals surface area contributed by atoms with Crippen LogP contribution in [0.1, 0.15) is 30.5 Å². The number of phenolic OH excluding ortho intramolecular Hbond substituents is 1. The summed E-state index contributed by atoms with van der Waals surface area (Å²) >= 11 is 0. The van der Waals surface area contributed by atoms with Gasteiger partial charge in [0.15, 0.2) is 0 Å². The van der Waals surface area contributed by atoms with Gasteiger partial charge in [0.05, 0.1) is 12.7 Å². The monoisotopic (exact) mass is 276 g/mol. The minimum Gasteiger partial charge on any atom is -0.508 e. The third kappa shape index (κ3) is 2.82. The summed E-state index contributed by atoms with van der Waals surface area (Å²) in [6.45, 7) is 7.08. The third-order valence-corrected chi connectivity index (χ3v) is 4.51. The molecule has 0 radical (unpaired) electrons. The summed E-state index contributed by atoms with van der Waals surface area (Å²) < 4.78 is 5.83. The normalized spacial score (nSPS) is 26.6. The van der Waals surface area contributed by atoms with Gasteiger partial charge in [-0.15, -0.1) is 0 Å². The van der Waals surface area contributed by atoms with Crippen LogP contribution in [0.15, 0.2) is 18.2 Å². The summed E-state index contributed by atoms with van der Waals surface area (Å²) in [5.41, 5.74) is 2.37. The zero-order chi connectivity index (χ0) is 13.9. The molecule has 0 bridgehead atoms. The molecule has 1 aromatic carbocycles. The molecule has 2 N–H and O–H groups in total. The molecule has 1 aliphatic carbocycles. The number of fused-ring (bicyclic) bond motifs is 1. The lowest BCUT2D eigenvalue weighted by molar-refractivity contribution is -0.0263. The Hall–Kier alpha value is -1.10. The number of morpholine rings is 1. The minimum absolute atomic E-state index is 0.282. The predicted octanol–water partition coefficient (Wildman–Crippen LogP) is 1.69. The average molecular weight is 276 g/mol. The molecule has 2 atom stereocenters. The molecular weight excluding hydrogens is 252 g/mol. The van der Waals surface area contributed by atoms with Crippen LogP contribution in [-0.4, -0.2) is 48.9 Å². The number of rotatable bonds is 4. The van der Waals surface area contributed by atoms with E-state index in [1.54, 1.807) is 6.07 Å². The number of nitrogens with zero attached hydrogens (tertiary/aromatic N) is 1. The van der Waals surface area contributed by atoms with Gasteiger partial charge >= 0.3 is 0 Å². The highest BCUT2D eigenvalue weighted by atomic mass is 16.5. The summed E-state index contributed by atoms with van der Waals surface area (Å²) in [4.78, 5) is 2.43. The Bertz CT molecular complexity index is 464. The van der Waals surface area contributed by atoms with E-state index in [1.165, 1.54) is 5.56 Å². The van der Waals surface area contributed by atoms with Crippen LogP contribution < -0.4 is 5.32 Å². The van der Waals surface area contributed by atoms with Gasteiger partial charge < -0.3 is 15.2 Å². The van der Waals surface area contributed by atoms with Crippen LogP contribution in [-0.2, 0) is 11.2 Å². The number of nitrogens with one attached hydrogen (secondary N) is 1. The van der Waals surface area contributed by atoms with Crippen LogP contribution in [0.5, 0.6) is 5.75 Å². The topological polar surface area (TPSA) is 44.7 Å². The van der Waals surface area contributed by atoms with Crippen molar-refractivity contribution in [3.63, 3.8) is 0 Å². The third-order valence-electron chi connectivity index (χ3n) is 4.51. The Morgan fingerprint density at radius 2 is 2.35 bits per heavy atom. The zero-order valence-electron chi connectivity index (χ0n) is 12.1. The van der Waals surface area contributed by atoms with Crippen LogP contribution in [0.25, 0.3) is 0 Å². The van der Waals surface area contributed by atoms with Gasteiger partial charge in [0.2, 0.25) is 0 Å². The maximum absolute atomic E-state index is 9.87. The van der Waals surface area contributed by atoms with E-state index in [-0.39, 0.29) is 6.10 Å². The Balaban J connectivity index is 1.57. The molecule has 0 saturated carbocycles. The smallest absolute Gasteiger partial charge is 0.119 e. The van der Waals surface area contributed by atoms with Crippen LogP contribution in [0.3, 0.4) is 0 Å². The van der Waals surface area contributed by atoms with E-state index in [9.17, 15) is 5.11 Å². The summed E-state index contributed by atoms with van der Waals surface area (Å²) in [5, 5.41) is 13.5. The van der Waals surface area contributed by atoms with Crippen molar-refractivity contribution in [2.45, 2.75) is 31.9 Å². The molecule has 110 valence electrons. The molecule has 1 aliphatic heterocycles. The van der Waals surface area contributed by atoms with Crippen molar-refractivity contribution in [2.75, 3.05) is 32.8 Å². The number of aromatic hydroxyl groups is 1. The van der Waals surface area contributed by atoms with Gasteiger partial charge in [-0.3, -0.25) is 4.90 Å². The van der Waals surface area contributed by atoms with Gasteiger partial charge in [-0.05, 0) is 36.6 Å². The van der Waals surface area contributed by atoms with Crippen LogP contribution in [0.2, 0.25) is 0 Å². The average Bonchev–Trinajstić information content (AvgIpc) is 2.90. The van der Waals surface area contributed by atoms with Crippen molar-refractivity contribution in [1.29, 1.82) is 0 Å². The Kier molecular flexibility index (Phi) is 4.24. The van der Waals surface area contributed by atoms with Gasteiger partial charge in [0, 0.05) is 25.7 Å². The fourth-order valence-corrected chi connectivity index (χ4v) is 3.31. The predicted molar refractivity (Wildman–Crippen MR) is 79.0 cm³/mol. The molecule has 1 heterocycles. The first kappa shape index (κ1) is 13.9. The first-order valence-corrected chi connectivity index (χ1v) is 7.66. The van der Waals surface area contributed by atoms with Gasteiger partial charge in [-0.1, -0.05) is 19.1 Å². The lowest BCUT2D eigenvalue weighted by Crippen LogP contribution is -2.46. The molecule has 0 aromatic heterocycles. The van der Waals surface area contributed by atoms with E-state index >= 15 is 0 Å².